The maximum Gasteiger partial charge on any atom is 0.246 e. The molecule has 3 nitrogen and oxygen atoms in total. The Morgan fingerprint density at radius 2 is 2.21 bits per heavy atom. The zero-order valence-corrected chi connectivity index (χ0v) is 9.77. The molecule has 0 radical (unpaired) electrons. The van der Waals surface area contributed by atoms with Crippen LogP contribution >= 0.6 is 11.6 Å². The van der Waals surface area contributed by atoms with Gasteiger partial charge in [0.05, 0.1) is 0 Å². The smallest absolute Gasteiger partial charge is 0.246 e. The van der Waals surface area contributed by atoms with E-state index in [1.807, 2.05) is 6.92 Å². The van der Waals surface area contributed by atoms with Crippen LogP contribution in [0.15, 0.2) is 0 Å². The molecule has 1 unspecified atom stereocenters. The Morgan fingerprint density at radius 1 is 1.50 bits per heavy atom. The molecule has 0 bridgehead atoms. The van der Waals surface area contributed by atoms with Gasteiger partial charge in [-0.1, -0.05) is 20.3 Å². The molecule has 0 saturated carbocycles. The van der Waals surface area contributed by atoms with Crippen LogP contribution in [0, 0.1) is 0 Å². The minimum absolute atomic E-state index is 0.0685. The Balaban J connectivity index is 3.44. The third-order valence-corrected chi connectivity index (χ3v) is 2.29. The Hall–Kier alpha value is -0.280. The Morgan fingerprint density at radius 3 is 2.71 bits per heavy atom. The van der Waals surface area contributed by atoms with Crippen molar-refractivity contribution in [1.29, 1.82) is 0 Å². The molecule has 0 spiro atoms. The van der Waals surface area contributed by atoms with Gasteiger partial charge in [0, 0.05) is 18.5 Å². The SMILES string of the molecule is CCCCOCC(=O)NC(CC)CCl. The van der Waals surface area contributed by atoms with Crippen LogP contribution in [0.3, 0.4) is 0 Å². The quantitative estimate of drug-likeness (QED) is 0.503. The second-order valence-corrected chi connectivity index (χ2v) is 3.54. The van der Waals surface area contributed by atoms with Gasteiger partial charge in [0.2, 0.25) is 5.91 Å². The van der Waals surface area contributed by atoms with E-state index in [9.17, 15) is 4.79 Å². The fourth-order valence-electron chi connectivity index (χ4n) is 0.930. The molecule has 0 aromatic rings. The average Bonchev–Trinajstić information content (AvgIpc) is 2.21. The lowest BCUT2D eigenvalue weighted by molar-refractivity contribution is -0.126. The Bertz CT molecular complexity index is 149. The lowest BCUT2D eigenvalue weighted by Crippen LogP contribution is -2.38. The molecular weight excluding hydrogens is 202 g/mol. The first kappa shape index (κ1) is 13.7. The largest absolute Gasteiger partial charge is 0.372 e. The van der Waals surface area contributed by atoms with Gasteiger partial charge in [0.25, 0.3) is 0 Å². The summed E-state index contributed by atoms with van der Waals surface area (Å²) in [5.74, 6) is 0.380. The fraction of sp³-hybridized carbons (Fsp3) is 0.900. The van der Waals surface area contributed by atoms with Crippen molar-refractivity contribution in [3.05, 3.63) is 0 Å². The first-order valence-electron chi connectivity index (χ1n) is 5.17. The van der Waals surface area contributed by atoms with Crippen molar-refractivity contribution in [2.45, 2.75) is 39.2 Å². The molecule has 1 atom stereocenters. The molecule has 0 heterocycles. The summed E-state index contributed by atoms with van der Waals surface area (Å²) in [7, 11) is 0. The number of alkyl halides is 1. The van der Waals surface area contributed by atoms with Gasteiger partial charge in [-0.3, -0.25) is 4.79 Å². The lowest BCUT2D eigenvalue weighted by Gasteiger charge is -2.13. The van der Waals surface area contributed by atoms with Crippen molar-refractivity contribution in [2.75, 3.05) is 19.1 Å². The van der Waals surface area contributed by atoms with E-state index in [0.717, 1.165) is 19.3 Å². The van der Waals surface area contributed by atoms with Crippen LogP contribution in [0.1, 0.15) is 33.1 Å². The molecule has 0 saturated heterocycles. The average molecular weight is 222 g/mol. The van der Waals surface area contributed by atoms with E-state index in [0.29, 0.717) is 12.5 Å². The minimum atomic E-state index is -0.0754. The molecule has 0 aliphatic carbocycles. The molecular formula is C10H20ClNO2. The minimum Gasteiger partial charge on any atom is -0.372 e. The standard InChI is InChI=1S/C10H20ClNO2/c1-3-5-6-14-8-10(13)12-9(4-2)7-11/h9H,3-8H2,1-2H3,(H,12,13). The van der Waals surface area contributed by atoms with Crippen LogP contribution < -0.4 is 5.32 Å². The van der Waals surface area contributed by atoms with E-state index in [-0.39, 0.29) is 18.6 Å². The van der Waals surface area contributed by atoms with Crippen LogP contribution in [0.25, 0.3) is 0 Å². The molecule has 0 aromatic heterocycles. The predicted octanol–water partition coefficient (Wildman–Crippen LogP) is 1.94. The van der Waals surface area contributed by atoms with Crippen LogP contribution in [-0.2, 0) is 9.53 Å². The molecule has 84 valence electrons. The van der Waals surface area contributed by atoms with Gasteiger partial charge in [0.15, 0.2) is 0 Å². The van der Waals surface area contributed by atoms with Crippen molar-refractivity contribution in [2.24, 2.45) is 0 Å². The molecule has 0 aliphatic heterocycles. The zero-order valence-electron chi connectivity index (χ0n) is 9.01. The number of nitrogens with one attached hydrogen (secondary N) is 1. The van der Waals surface area contributed by atoms with Crippen LogP contribution in [0.2, 0.25) is 0 Å². The summed E-state index contributed by atoms with van der Waals surface area (Å²) in [5.41, 5.74) is 0. The van der Waals surface area contributed by atoms with E-state index in [1.165, 1.54) is 0 Å². The van der Waals surface area contributed by atoms with E-state index in [2.05, 4.69) is 12.2 Å². The topological polar surface area (TPSA) is 38.3 Å². The van der Waals surface area contributed by atoms with Crippen molar-refractivity contribution in [1.82, 2.24) is 5.32 Å². The van der Waals surface area contributed by atoms with E-state index in [4.69, 9.17) is 16.3 Å². The molecule has 1 amide bonds. The number of rotatable bonds is 8. The highest BCUT2D eigenvalue weighted by Gasteiger charge is 2.08. The fourth-order valence-corrected chi connectivity index (χ4v) is 1.23. The Kier molecular flexibility index (Phi) is 9.10. The summed E-state index contributed by atoms with van der Waals surface area (Å²) in [4.78, 5) is 11.2. The third-order valence-electron chi connectivity index (χ3n) is 1.92. The van der Waals surface area contributed by atoms with Gasteiger partial charge < -0.3 is 10.1 Å². The monoisotopic (exact) mass is 221 g/mol. The molecule has 4 heteroatoms. The molecule has 0 aromatic carbocycles. The molecule has 0 rings (SSSR count). The molecule has 0 aliphatic rings. The second-order valence-electron chi connectivity index (χ2n) is 3.23. The number of hydrogen-bond donors (Lipinski definition) is 1. The van der Waals surface area contributed by atoms with Gasteiger partial charge in [0.1, 0.15) is 6.61 Å². The van der Waals surface area contributed by atoms with Crippen molar-refractivity contribution in [3.63, 3.8) is 0 Å². The highest BCUT2D eigenvalue weighted by atomic mass is 35.5. The van der Waals surface area contributed by atoms with Crippen LogP contribution in [0.4, 0.5) is 0 Å². The second kappa shape index (κ2) is 9.28. The summed E-state index contributed by atoms with van der Waals surface area (Å²) in [6, 6.07) is 0.0685. The van der Waals surface area contributed by atoms with Crippen molar-refractivity contribution in [3.8, 4) is 0 Å². The number of carbonyl (C=O) groups excluding carboxylic acids is 1. The summed E-state index contributed by atoms with van der Waals surface area (Å²) in [6.45, 7) is 4.88. The summed E-state index contributed by atoms with van der Waals surface area (Å²) < 4.78 is 5.17. The van der Waals surface area contributed by atoms with Crippen molar-refractivity contribution >= 4 is 17.5 Å². The number of hydrogen-bond acceptors (Lipinski definition) is 2. The Labute approximate surface area is 91.2 Å². The van der Waals surface area contributed by atoms with Gasteiger partial charge in [-0.25, -0.2) is 0 Å². The van der Waals surface area contributed by atoms with Gasteiger partial charge in [-0.05, 0) is 12.8 Å². The first-order chi connectivity index (χ1) is 6.74. The number of amides is 1. The maximum absolute atomic E-state index is 11.2. The molecule has 14 heavy (non-hydrogen) atoms. The highest BCUT2D eigenvalue weighted by Crippen LogP contribution is 1.94. The van der Waals surface area contributed by atoms with E-state index in [1.54, 1.807) is 0 Å². The zero-order chi connectivity index (χ0) is 10.8. The number of unbranched alkanes of at least 4 members (excludes halogenated alkanes) is 1. The van der Waals surface area contributed by atoms with Gasteiger partial charge >= 0.3 is 0 Å². The summed E-state index contributed by atoms with van der Waals surface area (Å²) in [6.07, 6.45) is 2.94. The summed E-state index contributed by atoms with van der Waals surface area (Å²) >= 11 is 5.64. The van der Waals surface area contributed by atoms with E-state index < -0.39 is 0 Å². The van der Waals surface area contributed by atoms with Gasteiger partial charge in [-0.15, -0.1) is 11.6 Å². The van der Waals surface area contributed by atoms with E-state index >= 15 is 0 Å². The highest BCUT2D eigenvalue weighted by molar-refractivity contribution is 6.18. The number of carbonyl (C=O) groups is 1. The lowest BCUT2D eigenvalue weighted by atomic mass is 10.2. The third kappa shape index (κ3) is 7.15. The van der Waals surface area contributed by atoms with Crippen LogP contribution in [-0.4, -0.2) is 31.0 Å². The maximum atomic E-state index is 11.2. The molecule has 0 fully saturated rings. The predicted molar refractivity (Wildman–Crippen MR) is 58.7 cm³/mol. The van der Waals surface area contributed by atoms with Crippen molar-refractivity contribution < 1.29 is 9.53 Å². The normalized spacial score (nSPS) is 12.5. The first-order valence-corrected chi connectivity index (χ1v) is 5.71. The number of ether oxygens (including phenoxy) is 1. The number of halogens is 1. The van der Waals surface area contributed by atoms with Crippen LogP contribution in [0.5, 0.6) is 0 Å². The van der Waals surface area contributed by atoms with Gasteiger partial charge in [-0.2, -0.15) is 0 Å². The molecule has 1 N–H and O–H groups in total. The summed E-state index contributed by atoms with van der Waals surface area (Å²) in [5, 5.41) is 2.80.